The molecule has 0 aliphatic carbocycles. The first-order valence-electron chi connectivity index (χ1n) is 10.0. The number of hydrogen-bond donors (Lipinski definition) is 2. The van der Waals surface area contributed by atoms with Crippen LogP contribution in [0.2, 0.25) is 5.02 Å². The third-order valence-corrected chi connectivity index (χ3v) is 5.04. The molecular formula is C20H32ClF3IN5. The molecule has 0 amide bonds. The lowest BCUT2D eigenvalue weighted by Gasteiger charge is -2.33. The number of halogens is 5. The summed E-state index contributed by atoms with van der Waals surface area (Å²) in [5, 5.41) is 7.35. The Labute approximate surface area is 199 Å². The number of aliphatic imine (C=N–C) groups is 1. The molecule has 172 valence electrons. The van der Waals surface area contributed by atoms with Gasteiger partial charge in [0.05, 0.1) is 13.1 Å². The van der Waals surface area contributed by atoms with Crippen molar-refractivity contribution in [2.45, 2.75) is 38.5 Å². The molecule has 1 aromatic carbocycles. The highest BCUT2D eigenvalue weighted by molar-refractivity contribution is 14.0. The van der Waals surface area contributed by atoms with E-state index in [0.29, 0.717) is 25.1 Å². The smallest absolute Gasteiger partial charge is 0.357 e. The van der Waals surface area contributed by atoms with Gasteiger partial charge in [-0.2, -0.15) is 13.2 Å². The average molecular weight is 562 g/mol. The van der Waals surface area contributed by atoms with Crippen LogP contribution in [-0.2, 0) is 6.54 Å². The summed E-state index contributed by atoms with van der Waals surface area (Å²) in [5.74, 6) is 0.670. The molecule has 1 aliphatic heterocycles. The highest BCUT2D eigenvalue weighted by Crippen LogP contribution is 2.16. The number of piperidine rings is 1. The third-order valence-electron chi connectivity index (χ3n) is 4.79. The number of rotatable bonds is 8. The van der Waals surface area contributed by atoms with Crippen LogP contribution in [0.5, 0.6) is 0 Å². The molecule has 0 spiro atoms. The van der Waals surface area contributed by atoms with Crippen LogP contribution in [0, 0.1) is 0 Å². The van der Waals surface area contributed by atoms with Gasteiger partial charge in [0, 0.05) is 43.8 Å². The highest BCUT2D eigenvalue weighted by Gasteiger charge is 2.28. The fraction of sp³-hybridized carbons (Fsp3) is 0.650. The van der Waals surface area contributed by atoms with Gasteiger partial charge < -0.3 is 10.6 Å². The molecule has 5 nitrogen and oxygen atoms in total. The Morgan fingerprint density at radius 2 is 1.87 bits per heavy atom. The fourth-order valence-electron chi connectivity index (χ4n) is 3.31. The maximum atomic E-state index is 12.4. The van der Waals surface area contributed by atoms with E-state index in [4.69, 9.17) is 11.6 Å². The normalized spacial score (nSPS) is 16.4. The van der Waals surface area contributed by atoms with E-state index >= 15 is 0 Å². The summed E-state index contributed by atoms with van der Waals surface area (Å²) in [6.45, 7) is 5.21. The van der Waals surface area contributed by atoms with Crippen molar-refractivity contribution in [3.63, 3.8) is 0 Å². The molecule has 0 bridgehead atoms. The van der Waals surface area contributed by atoms with E-state index in [1.807, 2.05) is 19.1 Å². The van der Waals surface area contributed by atoms with Crippen molar-refractivity contribution in [2.75, 3.05) is 46.3 Å². The number of likely N-dealkylation sites (N-methyl/N-ethyl adjacent to an activating group) is 1. The Morgan fingerprint density at radius 1 is 1.23 bits per heavy atom. The van der Waals surface area contributed by atoms with Crippen LogP contribution in [0.15, 0.2) is 29.3 Å². The van der Waals surface area contributed by atoms with Crippen molar-refractivity contribution in [1.29, 1.82) is 0 Å². The second-order valence-electron chi connectivity index (χ2n) is 7.43. The second kappa shape index (κ2) is 13.6. The van der Waals surface area contributed by atoms with Crippen LogP contribution in [0.4, 0.5) is 13.2 Å². The number of alkyl halides is 3. The van der Waals surface area contributed by atoms with Gasteiger partial charge in [0.25, 0.3) is 0 Å². The van der Waals surface area contributed by atoms with Gasteiger partial charge in [0.15, 0.2) is 5.96 Å². The average Bonchev–Trinajstić information content (AvgIpc) is 2.64. The predicted octanol–water partition coefficient (Wildman–Crippen LogP) is 3.97. The summed E-state index contributed by atoms with van der Waals surface area (Å²) in [6, 6.07) is 8.24. The van der Waals surface area contributed by atoms with Crippen molar-refractivity contribution in [3.8, 4) is 0 Å². The minimum Gasteiger partial charge on any atom is -0.357 e. The minimum atomic E-state index is -4.18. The monoisotopic (exact) mass is 561 g/mol. The predicted molar refractivity (Wildman–Crippen MR) is 128 cm³/mol. The molecule has 0 radical (unpaired) electrons. The zero-order chi connectivity index (χ0) is 21.3. The fourth-order valence-corrected chi connectivity index (χ4v) is 3.44. The van der Waals surface area contributed by atoms with Crippen molar-refractivity contribution >= 4 is 41.5 Å². The Hall–Kier alpha value is -0.780. The van der Waals surface area contributed by atoms with Gasteiger partial charge in [-0.25, -0.2) is 0 Å². The lowest BCUT2D eigenvalue weighted by molar-refractivity contribution is -0.142. The third kappa shape index (κ3) is 11.0. The Bertz CT molecular complexity index is 634. The van der Waals surface area contributed by atoms with Crippen LogP contribution in [0.3, 0.4) is 0 Å². The van der Waals surface area contributed by atoms with Crippen LogP contribution in [0.1, 0.15) is 25.3 Å². The van der Waals surface area contributed by atoms with Crippen molar-refractivity contribution in [3.05, 3.63) is 34.9 Å². The molecule has 30 heavy (non-hydrogen) atoms. The van der Waals surface area contributed by atoms with Gasteiger partial charge in [-0.05, 0) is 44.5 Å². The first-order chi connectivity index (χ1) is 13.7. The van der Waals surface area contributed by atoms with E-state index in [2.05, 4.69) is 32.7 Å². The van der Waals surface area contributed by atoms with E-state index < -0.39 is 12.7 Å². The van der Waals surface area contributed by atoms with E-state index in [1.165, 1.54) is 17.5 Å². The number of nitrogens with one attached hydrogen (secondary N) is 2. The van der Waals surface area contributed by atoms with Crippen molar-refractivity contribution in [1.82, 2.24) is 20.4 Å². The largest absolute Gasteiger partial charge is 0.401 e. The Kier molecular flexibility index (Phi) is 12.3. The molecule has 1 aromatic rings. The van der Waals surface area contributed by atoms with Crippen molar-refractivity contribution in [2.24, 2.45) is 4.99 Å². The summed E-state index contributed by atoms with van der Waals surface area (Å²) in [6.07, 6.45) is -2.20. The number of hydrogen-bond acceptors (Lipinski definition) is 3. The molecule has 1 aliphatic rings. The van der Waals surface area contributed by atoms with Gasteiger partial charge in [-0.15, -0.1) is 24.0 Å². The Morgan fingerprint density at radius 3 is 2.43 bits per heavy atom. The van der Waals surface area contributed by atoms with Gasteiger partial charge in [-0.3, -0.25) is 14.8 Å². The van der Waals surface area contributed by atoms with Gasteiger partial charge in [0.1, 0.15) is 0 Å². The van der Waals surface area contributed by atoms with E-state index in [1.54, 1.807) is 0 Å². The molecule has 1 saturated heterocycles. The van der Waals surface area contributed by atoms with Crippen molar-refractivity contribution < 1.29 is 13.2 Å². The minimum absolute atomic E-state index is 0. The molecule has 2 rings (SSSR count). The number of benzene rings is 1. The van der Waals surface area contributed by atoms with Crippen LogP contribution in [0.25, 0.3) is 0 Å². The van der Waals surface area contributed by atoms with Crippen LogP contribution < -0.4 is 10.6 Å². The molecule has 1 fully saturated rings. The zero-order valence-corrected chi connectivity index (χ0v) is 20.6. The lowest BCUT2D eigenvalue weighted by atomic mass is 10.0. The molecule has 0 unspecified atom stereocenters. The summed E-state index contributed by atoms with van der Waals surface area (Å²) in [4.78, 5) is 8.08. The van der Waals surface area contributed by atoms with E-state index in [0.717, 1.165) is 37.5 Å². The number of nitrogens with zero attached hydrogens (tertiary/aromatic N) is 3. The maximum Gasteiger partial charge on any atom is 0.401 e. The number of likely N-dealkylation sites (tertiary alicyclic amines) is 1. The molecule has 10 heteroatoms. The molecule has 2 N–H and O–H groups in total. The summed E-state index contributed by atoms with van der Waals surface area (Å²) in [5.41, 5.74) is 1.25. The number of guanidine groups is 1. The zero-order valence-electron chi connectivity index (χ0n) is 17.5. The highest BCUT2D eigenvalue weighted by atomic mass is 127. The van der Waals surface area contributed by atoms with E-state index in [-0.39, 0.29) is 30.5 Å². The quantitative estimate of drug-likeness (QED) is 0.286. The molecule has 0 saturated carbocycles. The van der Waals surface area contributed by atoms with Crippen LogP contribution in [-0.4, -0.2) is 74.3 Å². The SMILES string of the molecule is CCNC(=NCCN(C)CC(F)(F)F)NC1CCN(Cc2ccc(Cl)cc2)CC1.I. The van der Waals surface area contributed by atoms with Gasteiger partial charge >= 0.3 is 6.18 Å². The summed E-state index contributed by atoms with van der Waals surface area (Å²) >= 11 is 5.94. The Balaban J connectivity index is 0.00000450. The topological polar surface area (TPSA) is 42.9 Å². The maximum absolute atomic E-state index is 12.4. The summed E-state index contributed by atoms with van der Waals surface area (Å²) < 4.78 is 37.2. The second-order valence-corrected chi connectivity index (χ2v) is 7.87. The van der Waals surface area contributed by atoms with Gasteiger partial charge in [-0.1, -0.05) is 23.7 Å². The standard InChI is InChI=1S/C20H31ClF3N5.HI/c1-3-25-19(26-10-13-28(2)15-20(22,23)24)27-18-8-11-29(12-9-18)14-16-4-6-17(21)7-5-16;/h4-7,18H,3,8-15H2,1-2H3,(H2,25,26,27);1H. The van der Waals surface area contributed by atoms with E-state index in [9.17, 15) is 13.2 Å². The first kappa shape index (κ1) is 27.3. The molecule has 0 atom stereocenters. The van der Waals surface area contributed by atoms with Gasteiger partial charge in [0.2, 0.25) is 0 Å². The molecule has 1 heterocycles. The van der Waals surface area contributed by atoms with Crippen LogP contribution >= 0.6 is 35.6 Å². The molecular weight excluding hydrogens is 530 g/mol. The first-order valence-corrected chi connectivity index (χ1v) is 10.4. The lowest BCUT2D eigenvalue weighted by Crippen LogP contribution is -2.48. The molecule has 0 aromatic heterocycles. The summed E-state index contributed by atoms with van der Waals surface area (Å²) in [7, 11) is 1.46.